The maximum absolute atomic E-state index is 11.3. The van der Waals surface area contributed by atoms with Crippen molar-refractivity contribution in [2.45, 2.75) is 25.7 Å². The van der Waals surface area contributed by atoms with Gasteiger partial charge in [-0.3, -0.25) is 10.1 Å². The first-order chi connectivity index (χ1) is 10.9. The molecule has 0 fully saturated rings. The molecule has 0 radical (unpaired) electrons. The second kappa shape index (κ2) is 7.63. The van der Waals surface area contributed by atoms with E-state index < -0.39 is 11.9 Å². The highest BCUT2D eigenvalue weighted by Gasteiger charge is 2.11. The van der Waals surface area contributed by atoms with Gasteiger partial charge in [-0.25, -0.2) is 4.79 Å². The Hall–Kier alpha value is -2.55. The fourth-order valence-corrected chi connectivity index (χ4v) is 2.24. The number of aromatic nitrogens is 2. The summed E-state index contributed by atoms with van der Waals surface area (Å²) < 4.78 is 11.0. The van der Waals surface area contributed by atoms with Gasteiger partial charge in [-0.15, -0.1) is 10.2 Å². The Morgan fingerprint density at radius 3 is 2.87 bits per heavy atom. The maximum Gasteiger partial charge on any atom is 0.318 e. The van der Waals surface area contributed by atoms with Gasteiger partial charge in [0.05, 0.1) is 5.75 Å². The molecule has 0 atom stereocenters. The van der Waals surface area contributed by atoms with E-state index in [1.165, 1.54) is 0 Å². The van der Waals surface area contributed by atoms with Crippen LogP contribution in [0.1, 0.15) is 17.0 Å². The highest BCUT2D eigenvalue weighted by atomic mass is 32.2. The van der Waals surface area contributed by atoms with Crippen LogP contribution in [-0.4, -0.2) is 27.9 Å². The van der Waals surface area contributed by atoms with Gasteiger partial charge in [0.25, 0.3) is 11.1 Å². The van der Waals surface area contributed by atoms with Crippen molar-refractivity contribution < 1.29 is 18.7 Å². The molecule has 0 aliphatic rings. The van der Waals surface area contributed by atoms with Gasteiger partial charge in [0, 0.05) is 0 Å². The molecule has 9 heteroatoms. The Labute approximate surface area is 136 Å². The topological polar surface area (TPSA) is 120 Å². The van der Waals surface area contributed by atoms with Crippen molar-refractivity contribution in [1.29, 1.82) is 0 Å². The number of amides is 3. The predicted octanol–water partition coefficient (Wildman–Crippen LogP) is 1.55. The predicted molar refractivity (Wildman–Crippen MR) is 83.0 cm³/mol. The number of aryl methyl sites for hydroxylation is 2. The van der Waals surface area contributed by atoms with Crippen molar-refractivity contribution in [3.8, 4) is 5.75 Å². The molecule has 0 saturated heterocycles. The molecule has 8 nitrogen and oxygen atoms in total. The molecule has 0 aliphatic carbocycles. The molecule has 0 saturated carbocycles. The number of nitrogens with two attached hydrogens (primary N) is 1. The van der Waals surface area contributed by atoms with Crippen LogP contribution < -0.4 is 15.8 Å². The summed E-state index contributed by atoms with van der Waals surface area (Å²) in [5.74, 6) is 0.457. The van der Waals surface area contributed by atoms with Crippen LogP contribution in [0.15, 0.2) is 27.8 Å². The van der Waals surface area contributed by atoms with Gasteiger partial charge >= 0.3 is 6.03 Å². The number of imide groups is 1. The van der Waals surface area contributed by atoms with E-state index in [1.54, 1.807) is 0 Å². The van der Waals surface area contributed by atoms with Crippen molar-refractivity contribution in [1.82, 2.24) is 15.5 Å². The molecule has 2 aromatic rings. The summed E-state index contributed by atoms with van der Waals surface area (Å²) in [6, 6.07) is 5.00. The van der Waals surface area contributed by atoms with Crippen LogP contribution >= 0.6 is 11.8 Å². The molecule has 2 rings (SSSR count). The molecule has 1 heterocycles. The van der Waals surface area contributed by atoms with Crippen molar-refractivity contribution in [2.75, 3.05) is 5.75 Å². The molecular formula is C14H16N4O4S. The summed E-state index contributed by atoms with van der Waals surface area (Å²) in [6.45, 7) is 4.05. The molecular weight excluding hydrogens is 320 g/mol. The van der Waals surface area contributed by atoms with E-state index in [0.29, 0.717) is 5.89 Å². The molecule has 0 spiro atoms. The number of hydrogen-bond acceptors (Lipinski definition) is 7. The summed E-state index contributed by atoms with van der Waals surface area (Å²) in [7, 11) is 0. The fraction of sp³-hybridized carbons (Fsp3) is 0.286. The number of rotatable bonds is 6. The standard InChI is InChI=1S/C14H16N4O4S/c1-8-3-4-9(2)10(5-8)21-6-12-17-18-14(22-12)23-7-11(19)16-13(15)20/h3-5H,6-7H2,1-2H3,(H3,15,16,19,20). The van der Waals surface area contributed by atoms with Crippen molar-refractivity contribution in [3.05, 3.63) is 35.2 Å². The van der Waals surface area contributed by atoms with Crippen LogP contribution in [-0.2, 0) is 11.4 Å². The van der Waals surface area contributed by atoms with Crippen molar-refractivity contribution in [2.24, 2.45) is 5.73 Å². The van der Waals surface area contributed by atoms with Gasteiger partial charge in [-0.05, 0) is 31.0 Å². The zero-order valence-electron chi connectivity index (χ0n) is 12.7. The summed E-state index contributed by atoms with van der Waals surface area (Å²) in [4.78, 5) is 21.8. The van der Waals surface area contributed by atoms with Gasteiger partial charge < -0.3 is 14.9 Å². The van der Waals surface area contributed by atoms with E-state index in [0.717, 1.165) is 28.6 Å². The Morgan fingerprint density at radius 1 is 1.35 bits per heavy atom. The number of benzene rings is 1. The van der Waals surface area contributed by atoms with Crippen LogP contribution in [0, 0.1) is 13.8 Å². The molecule has 0 bridgehead atoms. The first kappa shape index (κ1) is 16.8. The van der Waals surface area contributed by atoms with E-state index >= 15 is 0 Å². The molecule has 1 aromatic carbocycles. The quantitative estimate of drug-likeness (QED) is 0.768. The van der Waals surface area contributed by atoms with E-state index in [2.05, 4.69) is 10.2 Å². The molecule has 0 aliphatic heterocycles. The normalized spacial score (nSPS) is 10.3. The highest BCUT2D eigenvalue weighted by Crippen LogP contribution is 2.21. The number of nitrogens with one attached hydrogen (secondary N) is 1. The van der Waals surface area contributed by atoms with Gasteiger partial charge in [0.2, 0.25) is 5.91 Å². The van der Waals surface area contributed by atoms with E-state index in [1.807, 2.05) is 37.4 Å². The third-order valence-corrected chi connectivity index (χ3v) is 3.55. The minimum atomic E-state index is -0.899. The summed E-state index contributed by atoms with van der Waals surface area (Å²) >= 11 is 1.00. The number of urea groups is 1. The third kappa shape index (κ3) is 5.29. The van der Waals surface area contributed by atoms with E-state index in [9.17, 15) is 9.59 Å². The Balaban J connectivity index is 1.86. The summed E-state index contributed by atoms with van der Waals surface area (Å²) in [5.41, 5.74) is 6.93. The SMILES string of the molecule is Cc1ccc(C)c(OCc2nnc(SCC(=O)NC(N)=O)o2)c1. The first-order valence-corrected chi connectivity index (χ1v) is 7.67. The maximum atomic E-state index is 11.3. The van der Waals surface area contributed by atoms with E-state index in [-0.39, 0.29) is 17.6 Å². The molecule has 1 aromatic heterocycles. The Kier molecular flexibility index (Phi) is 5.58. The second-order valence-electron chi connectivity index (χ2n) is 4.72. The molecule has 0 unspecified atom stereocenters. The zero-order chi connectivity index (χ0) is 16.8. The smallest absolute Gasteiger partial charge is 0.318 e. The fourth-order valence-electron chi connectivity index (χ4n) is 1.66. The lowest BCUT2D eigenvalue weighted by Gasteiger charge is -2.07. The number of thioether (sulfide) groups is 1. The van der Waals surface area contributed by atoms with Gasteiger partial charge in [-0.1, -0.05) is 23.9 Å². The minimum Gasteiger partial charge on any atom is -0.484 e. The Morgan fingerprint density at radius 2 is 2.13 bits per heavy atom. The van der Waals surface area contributed by atoms with Gasteiger partial charge in [0.1, 0.15) is 5.75 Å². The number of carbonyl (C=O) groups is 2. The molecule has 23 heavy (non-hydrogen) atoms. The van der Waals surface area contributed by atoms with Crippen LogP contribution in [0.25, 0.3) is 0 Å². The average molecular weight is 336 g/mol. The van der Waals surface area contributed by atoms with Crippen LogP contribution in [0.5, 0.6) is 5.75 Å². The lowest BCUT2D eigenvalue weighted by atomic mass is 10.1. The first-order valence-electron chi connectivity index (χ1n) is 6.68. The van der Waals surface area contributed by atoms with Crippen molar-refractivity contribution >= 4 is 23.7 Å². The molecule has 3 amide bonds. The van der Waals surface area contributed by atoms with Gasteiger partial charge in [-0.2, -0.15) is 0 Å². The summed E-state index contributed by atoms with van der Waals surface area (Å²) in [5, 5.41) is 9.78. The van der Waals surface area contributed by atoms with Crippen LogP contribution in [0.4, 0.5) is 4.79 Å². The number of primary amides is 1. The Bertz CT molecular complexity index is 717. The van der Waals surface area contributed by atoms with Crippen LogP contribution in [0.2, 0.25) is 0 Å². The monoisotopic (exact) mass is 336 g/mol. The van der Waals surface area contributed by atoms with E-state index in [4.69, 9.17) is 14.9 Å². The lowest BCUT2D eigenvalue weighted by molar-refractivity contribution is -0.117. The third-order valence-electron chi connectivity index (χ3n) is 2.73. The second-order valence-corrected chi connectivity index (χ2v) is 5.65. The number of nitrogens with zero attached hydrogens (tertiary/aromatic N) is 2. The summed E-state index contributed by atoms with van der Waals surface area (Å²) in [6.07, 6.45) is 0. The van der Waals surface area contributed by atoms with Crippen molar-refractivity contribution in [3.63, 3.8) is 0 Å². The number of ether oxygens (including phenoxy) is 1. The number of hydrogen-bond donors (Lipinski definition) is 2. The average Bonchev–Trinajstić information content (AvgIpc) is 2.93. The lowest BCUT2D eigenvalue weighted by Crippen LogP contribution is -2.36. The molecule has 122 valence electrons. The van der Waals surface area contributed by atoms with Gasteiger partial charge in [0.15, 0.2) is 6.61 Å². The largest absolute Gasteiger partial charge is 0.484 e. The zero-order valence-corrected chi connectivity index (χ0v) is 13.5. The van der Waals surface area contributed by atoms with Crippen LogP contribution in [0.3, 0.4) is 0 Å². The molecule has 3 N–H and O–H groups in total. The highest BCUT2D eigenvalue weighted by molar-refractivity contribution is 7.99. The number of carbonyl (C=O) groups excluding carboxylic acids is 2. The minimum absolute atomic E-state index is 0.0532.